The quantitative estimate of drug-likeness (QED) is 0.647. The molecule has 2 rings (SSSR count). The Morgan fingerprint density at radius 2 is 2.14 bits per heavy atom. The van der Waals surface area contributed by atoms with Crippen molar-refractivity contribution >= 4 is 5.97 Å². The van der Waals surface area contributed by atoms with E-state index in [9.17, 15) is 9.90 Å². The molecule has 0 radical (unpaired) electrons. The van der Waals surface area contributed by atoms with E-state index < -0.39 is 11.5 Å². The van der Waals surface area contributed by atoms with E-state index in [4.69, 9.17) is 4.74 Å². The predicted molar refractivity (Wildman–Crippen MR) is 51.6 cm³/mol. The van der Waals surface area contributed by atoms with Crippen molar-refractivity contribution < 1.29 is 14.6 Å². The van der Waals surface area contributed by atoms with Gasteiger partial charge in [-0.05, 0) is 30.6 Å². The molecule has 0 spiro atoms. The minimum absolute atomic E-state index is 0.112. The van der Waals surface area contributed by atoms with Crippen LogP contribution in [-0.4, -0.2) is 24.3 Å². The molecule has 0 aliphatic heterocycles. The lowest BCUT2D eigenvalue weighted by Crippen LogP contribution is -2.46. The van der Waals surface area contributed by atoms with Gasteiger partial charge in [0, 0.05) is 0 Å². The van der Waals surface area contributed by atoms with Crippen molar-refractivity contribution in [1.82, 2.24) is 0 Å². The first-order valence-electron chi connectivity index (χ1n) is 5.23. The van der Waals surface area contributed by atoms with E-state index in [0.717, 1.165) is 19.3 Å². The van der Waals surface area contributed by atoms with Crippen molar-refractivity contribution in [3.05, 3.63) is 0 Å². The molecular formula is C11H18O3. The molecular weight excluding hydrogens is 180 g/mol. The number of hydrogen-bond donors (Lipinski definition) is 1. The minimum Gasteiger partial charge on any atom is -0.469 e. The van der Waals surface area contributed by atoms with Gasteiger partial charge in [-0.25, -0.2) is 0 Å². The van der Waals surface area contributed by atoms with Crippen LogP contribution in [0.1, 0.15) is 33.1 Å². The van der Waals surface area contributed by atoms with Crippen LogP contribution in [0, 0.1) is 16.7 Å². The Kier molecular flexibility index (Phi) is 1.94. The monoisotopic (exact) mass is 198 g/mol. The van der Waals surface area contributed by atoms with Gasteiger partial charge in [0.1, 0.15) is 0 Å². The normalized spacial score (nSPS) is 44.0. The summed E-state index contributed by atoms with van der Waals surface area (Å²) in [7, 11) is 1.41. The molecule has 0 aromatic heterocycles. The second-order valence-corrected chi connectivity index (χ2v) is 5.17. The third-order valence-electron chi connectivity index (χ3n) is 4.68. The highest BCUT2D eigenvalue weighted by molar-refractivity contribution is 5.80. The molecule has 0 aromatic carbocycles. The summed E-state index contributed by atoms with van der Waals surface area (Å²) in [6.45, 7) is 4.16. The Morgan fingerprint density at radius 1 is 1.50 bits per heavy atom. The van der Waals surface area contributed by atoms with E-state index in [1.54, 1.807) is 0 Å². The molecule has 2 aliphatic carbocycles. The first-order valence-corrected chi connectivity index (χ1v) is 5.23. The van der Waals surface area contributed by atoms with E-state index >= 15 is 0 Å². The highest BCUT2D eigenvalue weighted by atomic mass is 16.5. The van der Waals surface area contributed by atoms with Crippen LogP contribution >= 0.6 is 0 Å². The van der Waals surface area contributed by atoms with Gasteiger partial charge in [-0.15, -0.1) is 0 Å². The van der Waals surface area contributed by atoms with Gasteiger partial charge >= 0.3 is 5.97 Å². The number of methoxy groups -OCH3 is 1. The number of fused-ring (bicyclic) bond motifs is 2. The third-order valence-corrected chi connectivity index (χ3v) is 4.68. The number of rotatable bonds is 1. The highest BCUT2D eigenvalue weighted by Crippen LogP contribution is 2.66. The standard InChI is InChI=1S/C11H18O3/c1-10(2)7-4-5-11(10,8(12)6-7)9(13)14-3/h7-8,12H,4-6H2,1-3H3/t7-,8+,11+/m1/s1. The SMILES string of the molecule is COC(=O)[C@]12CC[C@H](C[C@@H]1O)C2(C)C. The van der Waals surface area contributed by atoms with Gasteiger partial charge < -0.3 is 9.84 Å². The molecule has 3 heteroatoms. The summed E-state index contributed by atoms with van der Waals surface area (Å²) < 4.78 is 4.86. The summed E-state index contributed by atoms with van der Waals surface area (Å²) in [4.78, 5) is 11.8. The van der Waals surface area contributed by atoms with E-state index in [1.807, 2.05) is 0 Å². The van der Waals surface area contributed by atoms with E-state index in [1.165, 1.54) is 7.11 Å². The molecule has 0 aromatic rings. The number of carbonyl (C=O) groups is 1. The molecule has 0 amide bonds. The average Bonchev–Trinajstić information content (AvgIpc) is 2.49. The van der Waals surface area contributed by atoms with Crippen LogP contribution in [0.4, 0.5) is 0 Å². The van der Waals surface area contributed by atoms with Crippen LogP contribution in [0.25, 0.3) is 0 Å². The number of aliphatic hydroxyl groups excluding tert-OH is 1. The van der Waals surface area contributed by atoms with Gasteiger partial charge in [-0.3, -0.25) is 4.79 Å². The first kappa shape index (κ1) is 9.97. The van der Waals surface area contributed by atoms with Crippen LogP contribution in [0.5, 0.6) is 0 Å². The molecule has 0 saturated heterocycles. The zero-order valence-electron chi connectivity index (χ0n) is 9.04. The third kappa shape index (κ3) is 0.842. The van der Waals surface area contributed by atoms with Gasteiger partial charge in [0.05, 0.1) is 18.6 Å². The lowest BCUT2D eigenvalue weighted by molar-refractivity contribution is -0.165. The molecule has 2 bridgehead atoms. The summed E-state index contributed by atoms with van der Waals surface area (Å²) in [5.74, 6) is 0.242. The fraction of sp³-hybridized carbons (Fsp3) is 0.909. The minimum atomic E-state index is -0.633. The van der Waals surface area contributed by atoms with Crippen molar-refractivity contribution in [3.63, 3.8) is 0 Å². The van der Waals surface area contributed by atoms with Gasteiger partial charge in [0.15, 0.2) is 0 Å². The van der Waals surface area contributed by atoms with Crippen molar-refractivity contribution in [2.24, 2.45) is 16.7 Å². The lowest BCUT2D eigenvalue weighted by atomic mass is 9.68. The molecule has 2 aliphatic rings. The number of esters is 1. The predicted octanol–water partition coefficient (Wildman–Crippen LogP) is 1.35. The second kappa shape index (κ2) is 2.72. The fourth-order valence-electron chi connectivity index (χ4n) is 3.61. The van der Waals surface area contributed by atoms with Crippen LogP contribution in [0.15, 0.2) is 0 Å². The highest BCUT2D eigenvalue weighted by Gasteiger charge is 2.68. The van der Waals surface area contributed by atoms with Crippen molar-refractivity contribution in [2.75, 3.05) is 7.11 Å². The molecule has 3 atom stereocenters. The lowest BCUT2D eigenvalue weighted by Gasteiger charge is -2.37. The number of aliphatic hydroxyl groups is 1. The van der Waals surface area contributed by atoms with Crippen LogP contribution in [-0.2, 0) is 9.53 Å². The molecule has 0 unspecified atom stereocenters. The zero-order valence-corrected chi connectivity index (χ0v) is 9.04. The Balaban J connectivity index is 2.44. The maximum atomic E-state index is 11.8. The smallest absolute Gasteiger partial charge is 0.314 e. The van der Waals surface area contributed by atoms with Crippen molar-refractivity contribution in [1.29, 1.82) is 0 Å². The summed E-state index contributed by atoms with van der Waals surface area (Å²) in [6, 6.07) is 0. The largest absolute Gasteiger partial charge is 0.469 e. The van der Waals surface area contributed by atoms with Gasteiger partial charge in [-0.2, -0.15) is 0 Å². The summed E-state index contributed by atoms with van der Waals surface area (Å²) in [5, 5.41) is 10.0. The Hall–Kier alpha value is -0.570. The van der Waals surface area contributed by atoms with E-state index in [0.29, 0.717) is 5.92 Å². The molecule has 2 saturated carbocycles. The van der Waals surface area contributed by atoms with Crippen LogP contribution in [0.3, 0.4) is 0 Å². The number of carbonyl (C=O) groups excluding carboxylic acids is 1. The van der Waals surface area contributed by atoms with Gasteiger partial charge in [-0.1, -0.05) is 13.8 Å². The molecule has 3 nitrogen and oxygen atoms in total. The molecule has 2 fully saturated rings. The summed E-state index contributed by atoms with van der Waals surface area (Å²) in [5.41, 5.74) is -0.744. The topological polar surface area (TPSA) is 46.5 Å². The molecule has 80 valence electrons. The van der Waals surface area contributed by atoms with E-state index in [2.05, 4.69) is 13.8 Å². The average molecular weight is 198 g/mol. The van der Waals surface area contributed by atoms with E-state index in [-0.39, 0.29) is 11.4 Å². The first-order chi connectivity index (χ1) is 6.46. The maximum Gasteiger partial charge on any atom is 0.314 e. The zero-order chi connectivity index (χ0) is 10.6. The van der Waals surface area contributed by atoms with Gasteiger partial charge in [0.2, 0.25) is 0 Å². The summed E-state index contributed by atoms with van der Waals surface area (Å²) >= 11 is 0. The molecule has 14 heavy (non-hydrogen) atoms. The summed E-state index contributed by atoms with van der Waals surface area (Å²) in [6.07, 6.45) is 2.06. The Bertz CT molecular complexity index is 272. The van der Waals surface area contributed by atoms with Crippen molar-refractivity contribution in [2.45, 2.75) is 39.2 Å². The maximum absolute atomic E-state index is 11.8. The fourth-order valence-corrected chi connectivity index (χ4v) is 3.61. The van der Waals surface area contributed by atoms with Crippen molar-refractivity contribution in [3.8, 4) is 0 Å². The van der Waals surface area contributed by atoms with Crippen LogP contribution in [0.2, 0.25) is 0 Å². The van der Waals surface area contributed by atoms with Gasteiger partial charge in [0.25, 0.3) is 0 Å². The number of ether oxygens (including phenoxy) is 1. The second-order valence-electron chi connectivity index (χ2n) is 5.17. The Morgan fingerprint density at radius 3 is 2.50 bits per heavy atom. The number of hydrogen-bond acceptors (Lipinski definition) is 3. The Labute approximate surface area is 84.4 Å². The van der Waals surface area contributed by atoms with Crippen LogP contribution < -0.4 is 0 Å². The molecule has 1 N–H and O–H groups in total. The molecule has 0 heterocycles.